The molecule has 0 bridgehead atoms. The zero-order chi connectivity index (χ0) is 39.9. The minimum absolute atomic E-state index is 0.144. The average Bonchev–Trinajstić information content (AvgIpc) is 3.13. The first-order chi connectivity index (χ1) is 26.0. The molecule has 0 amide bonds. The molecule has 0 aliphatic carbocycles. The highest BCUT2D eigenvalue weighted by Crippen LogP contribution is 2.24. The Morgan fingerprint density at radius 1 is 0.611 bits per heavy atom. The zero-order valence-corrected chi connectivity index (χ0v) is 34.1. The first-order valence-corrected chi connectivity index (χ1v) is 22.5. The third-order valence-electron chi connectivity index (χ3n) is 9.50. The van der Waals surface area contributed by atoms with Crippen LogP contribution in [0.25, 0.3) is 0 Å². The lowest BCUT2D eigenvalue weighted by molar-refractivity contribution is -0.297. The number of esters is 2. The Labute approximate surface area is 326 Å². The molecule has 1 rings (SSSR count). The predicted octanol–water partition coefficient (Wildman–Crippen LogP) is 7.67. The zero-order valence-electron chi connectivity index (χ0n) is 33.3. The van der Waals surface area contributed by atoms with Crippen LogP contribution in [-0.4, -0.2) is 96.0 Å². The molecule has 54 heavy (non-hydrogen) atoms. The van der Waals surface area contributed by atoms with E-state index in [1.54, 1.807) is 0 Å². The van der Waals surface area contributed by atoms with Crippen LogP contribution in [0, 0.1) is 0 Å². The number of hydrogen-bond donors (Lipinski definition) is 4. The highest BCUT2D eigenvalue weighted by Gasteiger charge is 2.46. The van der Waals surface area contributed by atoms with Gasteiger partial charge in [0, 0.05) is 12.8 Å². The first-order valence-electron chi connectivity index (χ1n) is 20.9. The maximum atomic E-state index is 12.8. The van der Waals surface area contributed by atoms with Crippen molar-refractivity contribution in [3.05, 3.63) is 24.3 Å². The molecule has 13 heteroatoms. The van der Waals surface area contributed by atoms with Gasteiger partial charge in [0.15, 0.2) is 12.4 Å². The van der Waals surface area contributed by atoms with E-state index in [2.05, 4.69) is 38.2 Å². The molecular formula is C41H74O12S. The van der Waals surface area contributed by atoms with Gasteiger partial charge < -0.3 is 34.3 Å². The number of carbonyl (C=O) groups excluding carboxylic acids is 2. The van der Waals surface area contributed by atoms with Crippen LogP contribution in [0.4, 0.5) is 0 Å². The SMILES string of the molecule is CCCC/C=C/CCCCCCCC(=O)OC[C@H](CO[C@H]1O[C@H](CS(=O)(=O)O)[C@@H](O)C(O)C1O)OC(=O)CCCCC/C=C/CCCCCCCCCC. The molecule has 0 saturated carbocycles. The first kappa shape index (κ1) is 50.1. The minimum atomic E-state index is -4.60. The number of ether oxygens (including phenoxy) is 4. The summed E-state index contributed by atoms with van der Waals surface area (Å²) in [6.45, 7) is 3.68. The van der Waals surface area contributed by atoms with Gasteiger partial charge in [-0.15, -0.1) is 0 Å². The van der Waals surface area contributed by atoms with Crippen LogP contribution in [0.2, 0.25) is 0 Å². The van der Waals surface area contributed by atoms with E-state index >= 15 is 0 Å². The van der Waals surface area contributed by atoms with Gasteiger partial charge in [-0.05, 0) is 57.8 Å². The highest BCUT2D eigenvalue weighted by atomic mass is 32.2. The van der Waals surface area contributed by atoms with Gasteiger partial charge in [0.1, 0.15) is 36.8 Å². The molecule has 6 atom stereocenters. The number of aliphatic hydroxyl groups is 3. The van der Waals surface area contributed by atoms with E-state index in [0.717, 1.165) is 64.2 Å². The molecule has 1 saturated heterocycles. The monoisotopic (exact) mass is 790 g/mol. The lowest BCUT2D eigenvalue weighted by Gasteiger charge is -2.40. The van der Waals surface area contributed by atoms with E-state index in [4.69, 9.17) is 18.9 Å². The molecule has 2 unspecified atom stereocenters. The van der Waals surface area contributed by atoms with E-state index in [-0.39, 0.29) is 19.4 Å². The smallest absolute Gasteiger partial charge is 0.306 e. The van der Waals surface area contributed by atoms with Crippen LogP contribution in [-0.2, 0) is 38.7 Å². The number of rotatable bonds is 34. The van der Waals surface area contributed by atoms with Crippen molar-refractivity contribution in [3.8, 4) is 0 Å². The predicted molar refractivity (Wildman–Crippen MR) is 210 cm³/mol. The molecule has 0 aromatic rings. The Morgan fingerprint density at radius 2 is 1.07 bits per heavy atom. The van der Waals surface area contributed by atoms with Crippen molar-refractivity contribution in [2.24, 2.45) is 0 Å². The Bertz CT molecular complexity index is 1110. The molecule has 0 radical (unpaired) electrons. The summed E-state index contributed by atoms with van der Waals surface area (Å²) in [7, 11) is -4.60. The standard InChI is InChI=1S/C41H74O12S/c1-3-5-7-9-11-13-15-16-17-18-20-22-24-26-28-30-37(43)52-34(31-50-36(42)29-27-25-23-21-19-14-12-10-8-6-4-2)32-51-41-40(46)39(45)38(44)35(53-41)33-54(47,48)49/h10,12,18,20,34-35,38-41,44-46H,3-9,11,13-17,19,21-33H2,1-2H3,(H,47,48,49)/b12-10+,20-18+/t34-,35-,38-,39?,40?,41+/m1/s1. The Balaban J connectivity index is 2.50. The maximum Gasteiger partial charge on any atom is 0.306 e. The van der Waals surface area contributed by atoms with E-state index in [1.807, 2.05) is 0 Å². The van der Waals surface area contributed by atoms with E-state index in [9.17, 15) is 37.9 Å². The topological polar surface area (TPSA) is 186 Å². The van der Waals surface area contributed by atoms with Crippen LogP contribution >= 0.6 is 0 Å². The summed E-state index contributed by atoms with van der Waals surface area (Å²) in [5, 5.41) is 30.8. The largest absolute Gasteiger partial charge is 0.462 e. The second-order valence-electron chi connectivity index (χ2n) is 14.6. The third-order valence-corrected chi connectivity index (χ3v) is 10.3. The van der Waals surface area contributed by atoms with Gasteiger partial charge >= 0.3 is 11.9 Å². The molecular weight excluding hydrogens is 717 g/mol. The van der Waals surface area contributed by atoms with Crippen LogP contribution in [0.15, 0.2) is 24.3 Å². The lowest BCUT2D eigenvalue weighted by Crippen LogP contribution is -2.60. The Morgan fingerprint density at radius 3 is 1.61 bits per heavy atom. The van der Waals surface area contributed by atoms with Crippen molar-refractivity contribution in [1.29, 1.82) is 0 Å². The Kier molecular flexibility index (Phi) is 29.9. The number of carbonyl (C=O) groups is 2. The summed E-state index contributed by atoms with van der Waals surface area (Å²) < 4.78 is 53.9. The van der Waals surface area contributed by atoms with Crippen LogP contribution in [0.5, 0.6) is 0 Å². The summed E-state index contributed by atoms with van der Waals surface area (Å²) in [6.07, 6.45) is 23.8. The van der Waals surface area contributed by atoms with Gasteiger partial charge in [-0.1, -0.05) is 122 Å². The normalized spacial score (nSPS) is 21.2. The number of allylic oxidation sites excluding steroid dienone is 4. The second-order valence-corrected chi connectivity index (χ2v) is 16.1. The van der Waals surface area contributed by atoms with E-state index < -0.39 is 71.2 Å². The lowest BCUT2D eigenvalue weighted by atomic mass is 10.00. The molecule has 12 nitrogen and oxygen atoms in total. The van der Waals surface area contributed by atoms with Crippen molar-refractivity contribution in [2.45, 2.75) is 205 Å². The van der Waals surface area contributed by atoms with Gasteiger partial charge in [-0.25, -0.2) is 0 Å². The fourth-order valence-corrected chi connectivity index (χ4v) is 6.87. The molecule has 0 aromatic carbocycles. The van der Waals surface area contributed by atoms with Gasteiger partial charge in [0.05, 0.1) is 6.61 Å². The van der Waals surface area contributed by atoms with Crippen molar-refractivity contribution < 1.29 is 56.8 Å². The van der Waals surface area contributed by atoms with Crippen molar-refractivity contribution in [2.75, 3.05) is 19.0 Å². The summed E-state index contributed by atoms with van der Waals surface area (Å²) in [6, 6.07) is 0. The molecule has 1 heterocycles. The molecule has 0 spiro atoms. The fourth-order valence-electron chi connectivity index (χ4n) is 6.18. The molecule has 316 valence electrons. The highest BCUT2D eigenvalue weighted by molar-refractivity contribution is 7.85. The summed E-state index contributed by atoms with van der Waals surface area (Å²) in [4.78, 5) is 25.3. The Hall–Kier alpha value is -1.87. The number of aliphatic hydroxyl groups excluding tert-OH is 3. The molecule has 4 N–H and O–H groups in total. The van der Waals surface area contributed by atoms with Crippen molar-refractivity contribution in [1.82, 2.24) is 0 Å². The van der Waals surface area contributed by atoms with Gasteiger partial charge in [0.2, 0.25) is 0 Å². The number of unbranched alkanes of at least 4 members (excludes halogenated alkanes) is 18. The van der Waals surface area contributed by atoms with E-state index in [0.29, 0.717) is 12.8 Å². The molecule has 0 aromatic heterocycles. The van der Waals surface area contributed by atoms with Crippen molar-refractivity contribution in [3.63, 3.8) is 0 Å². The molecule has 1 aliphatic rings. The maximum absolute atomic E-state index is 12.8. The molecule has 1 fully saturated rings. The fraction of sp³-hybridized carbons (Fsp3) is 0.854. The second kappa shape index (κ2) is 32.2. The minimum Gasteiger partial charge on any atom is -0.462 e. The number of hydrogen-bond acceptors (Lipinski definition) is 11. The molecule has 1 aliphatic heterocycles. The summed E-state index contributed by atoms with van der Waals surface area (Å²) in [5.74, 6) is -2.01. The van der Waals surface area contributed by atoms with Crippen LogP contribution in [0.3, 0.4) is 0 Å². The van der Waals surface area contributed by atoms with Crippen LogP contribution in [0.1, 0.15) is 168 Å². The summed E-state index contributed by atoms with van der Waals surface area (Å²) in [5.41, 5.74) is 0. The van der Waals surface area contributed by atoms with Gasteiger partial charge in [-0.3, -0.25) is 14.1 Å². The van der Waals surface area contributed by atoms with Gasteiger partial charge in [-0.2, -0.15) is 8.42 Å². The van der Waals surface area contributed by atoms with Crippen molar-refractivity contribution >= 4 is 22.1 Å². The quantitative estimate of drug-likeness (QED) is 0.0216. The average molecular weight is 791 g/mol. The summed E-state index contributed by atoms with van der Waals surface area (Å²) >= 11 is 0. The van der Waals surface area contributed by atoms with Crippen LogP contribution < -0.4 is 0 Å². The third kappa shape index (κ3) is 26.9. The van der Waals surface area contributed by atoms with E-state index in [1.165, 1.54) is 64.2 Å². The van der Waals surface area contributed by atoms with Gasteiger partial charge in [0.25, 0.3) is 10.1 Å².